The van der Waals surface area contributed by atoms with Gasteiger partial charge in [0.25, 0.3) is 0 Å². The Kier molecular flexibility index (Phi) is 9.12. The minimum absolute atomic E-state index is 0.222. The molecule has 0 bridgehead atoms. The molecule has 2 heterocycles. The van der Waals surface area contributed by atoms with Crippen LogP contribution in [0.15, 0.2) is 89.0 Å². The predicted octanol–water partition coefficient (Wildman–Crippen LogP) is 9.40. The SMILES string of the molecule is Cc1ccc(C)c(Nc2ccc(C)c(OS(=O)Nc3ccc(-c4nc5n(n4)N=C(C(C)(C)C)C5=Nc4ccc(C)cc4C(F)(F)F)cc3)c2)c1. The highest BCUT2D eigenvalue weighted by Gasteiger charge is 2.37. The molecule has 13 heteroatoms. The van der Waals surface area contributed by atoms with Crippen molar-refractivity contribution in [2.45, 2.75) is 54.6 Å². The van der Waals surface area contributed by atoms with Crippen molar-refractivity contribution in [2.75, 3.05) is 10.0 Å². The van der Waals surface area contributed by atoms with E-state index in [0.29, 0.717) is 34.1 Å². The number of hydrogen-bond donors (Lipinski definition) is 2. The molecule has 0 amide bonds. The number of rotatable bonds is 8. The standard InChI is InChI=1S/C37H36F3N7O2S/c1-21-9-17-29(28(18-21)37(38,39)40)42-32-33(36(5,6)7)44-47-35(32)43-34(45-47)25-12-15-26(16-13-25)46-50(48)49-31-20-27(14-11-24(31)4)41-30-19-22(2)8-10-23(30)3/h8-20,41,46H,1-7H3. The van der Waals surface area contributed by atoms with E-state index < -0.39 is 28.4 Å². The number of benzene rings is 4. The van der Waals surface area contributed by atoms with Gasteiger partial charge in [0.1, 0.15) is 11.5 Å². The van der Waals surface area contributed by atoms with Crippen molar-refractivity contribution in [1.29, 1.82) is 0 Å². The fourth-order valence-electron chi connectivity index (χ4n) is 5.27. The third-order valence-electron chi connectivity index (χ3n) is 7.99. The smallest absolute Gasteiger partial charge is 0.385 e. The third kappa shape index (κ3) is 7.47. The maximum Gasteiger partial charge on any atom is 0.418 e. The minimum atomic E-state index is -4.59. The second-order valence-electron chi connectivity index (χ2n) is 13.2. The second kappa shape index (κ2) is 13.2. The number of hydrogen-bond acceptors (Lipinski definition) is 7. The van der Waals surface area contributed by atoms with Gasteiger partial charge in [-0.25, -0.2) is 9.98 Å². The van der Waals surface area contributed by atoms with Crippen molar-refractivity contribution in [1.82, 2.24) is 14.9 Å². The van der Waals surface area contributed by atoms with E-state index >= 15 is 0 Å². The average molecular weight is 700 g/mol. The first-order chi connectivity index (χ1) is 23.5. The van der Waals surface area contributed by atoms with Crippen molar-refractivity contribution in [3.8, 4) is 17.1 Å². The molecule has 9 nitrogen and oxygen atoms in total. The average Bonchev–Trinajstić information content (AvgIpc) is 3.61. The van der Waals surface area contributed by atoms with E-state index in [4.69, 9.17) is 4.18 Å². The molecule has 5 aromatic rings. The van der Waals surface area contributed by atoms with Crippen molar-refractivity contribution >= 4 is 45.4 Å². The number of alkyl halides is 3. The zero-order chi connectivity index (χ0) is 36.0. The van der Waals surface area contributed by atoms with Crippen molar-refractivity contribution in [3.05, 3.63) is 113 Å². The molecular formula is C37H36F3N7O2S. The van der Waals surface area contributed by atoms with Gasteiger partial charge in [-0.05, 0) is 92.9 Å². The summed E-state index contributed by atoms with van der Waals surface area (Å²) in [5.41, 5.74) is 5.52. The largest absolute Gasteiger partial charge is 0.418 e. The highest BCUT2D eigenvalue weighted by atomic mass is 32.2. The number of aliphatic imine (C=N–C) groups is 1. The van der Waals surface area contributed by atoms with E-state index in [1.807, 2.05) is 59.7 Å². The topological polar surface area (TPSA) is 106 Å². The lowest BCUT2D eigenvalue weighted by Gasteiger charge is -2.18. The van der Waals surface area contributed by atoms with Gasteiger partial charge in [0.05, 0.1) is 17.0 Å². The Morgan fingerprint density at radius 2 is 1.48 bits per heavy atom. The Morgan fingerprint density at radius 3 is 2.18 bits per heavy atom. The summed E-state index contributed by atoms with van der Waals surface area (Å²) < 4.78 is 63.4. The quantitative estimate of drug-likeness (QED) is 0.168. The highest BCUT2D eigenvalue weighted by molar-refractivity contribution is 7.82. The zero-order valence-corrected chi connectivity index (χ0v) is 29.4. The van der Waals surface area contributed by atoms with E-state index in [1.54, 1.807) is 43.3 Å². The van der Waals surface area contributed by atoms with Crippen LogP contribution in [0.25, 0.3) is 11.4 Å². The van der Waals surface area contributed by atoms with Crippen molar-refractivity contribution in [3.63, 3.8) is 0 Å². The van der Waals surface area contributed by atoms with E-state index in [0.717, 1.165) is 34.1 Å². The van der Waals surface area contributed by atoms with E-state index in [9.17, 15) is 17.4 Å². The summed E-state index contributed by atoms with van der Waals surface area (Å²) >= 11 is -1.91. The van der Waals surface area contributed by atoms with E-state index in [-0.39, 0.29) is 17.2 Å². The Balaban J connectivity index is 1.20. The third-order valence-corrected chi connectivity index (χ3v) is 8.72. The summed E-state index contributed by atoms with van der Waals surface area (Å²) in [7, 11) is 0. The van der Waals surface area contributed by atoms with Crippen LogP contribution in [0, 0.1) is 33.1 Å². The molecular weight excluding hydrogens is 664 g/mol. The molecule has 0 fully saturated rings. The lowest BCUT2D eigenvalue weighted by molar-refractivity contribution is -0.137. The molecule has 0 spiro atoms. The van der Waals surface area contributed by atoms with Crippen molar-refractivity contribution < 1.29 is 21.6 Å². The lowest BCUT2D eigenvalue weighted by Crippen LogP contribution is -2.27. The van der Waals surface area contributed by atoms with Gasteiger partial charge in [-0.15, -0.1) is 9.89 Å². The molecule has 0 saturated heterocycles. The molecule has 0 aliphatic carbocycles. The molecule has 1 aromatic heterocycles. The normalized spacial score (nSPS) is 14.4. The van der Waals surface area contributed by atoms with E-state index in [2.05, 4.69) is 42.3 Å². The molecule has 258 valence electrons. The summed E-state index contributed by atoms with van der Waals surface area (Å²) in [6.07, 6.45) is -4.59. The number of nitrogens with one attached hydrogen (secondary N) is 2. The summed E-state index contributed by atoms with van der Waals surface area (Å²) in [6, 6.07) is 22.7. The lowest BCUT2D eigenvalue weighted by atomic mass is 9.87. The number of halogens is 3. The van der Waals surface area contributed by atoms with Gasteiger partial charge >= 0.3 is 17.4 Å². The van der Waals surface area contributed by atoms with Gasteiger partial charge in [-0.2, -0.15) is 22.5 Å². The first-order valence-electron chi connectivity index (χ1n) is 15.8. The van der Waals surface area contributed by atoms with Crippen LogP contribution in [0.5, 0.6) is 5.75 Å². The first kappa shape index (κ1) is 34.6. The Morgan fingerprint density at radius 1 is 0.820 bits per heavy atom. The molecule has 0 saturated carbocycles. The van der Waals surface area contributed by atoms with Gasteiger partial charge in [-0.1, -0.05) is 50.6 Å². The minimum Gasteiger partial charge on any atom is -0.385 e. The van der Waals surface area contributed by atoms with Crippen LogP contribution in [-0.2, 0) is 17.4 Å². The maximum absolute atomic E-state index is 13.9. The number of anilines is 3. The monoisotopic (exact) mass is 699 g/mol. The second-order valence-corrected chi connectivity index (χ2v) is 14.1. The zero-order valence-electron chi connectivity index (χ0n) is 28.6. The summed E-state index contributed by atoms with van der Waals surface area (Å²) in [6.45, 7) is 13.2. The Hall–Kier alpha value is -5.30. The molecule has 2 N–H and O–H groups in total. The van der Waals surface area contributed by atoms with Gasteiger partial charge in [0.15, 0.2) is 5.82 Å². The fourth-order valence-corrected chi connectivity index (χ4v) is 5.99. The van der Waals surface area contributed by atoms with Crippen LogP contribution in [0.1, 0.15) is 54.4 Å². The highest BCUT2D eigenvalue weighted by Crippen LogP contribution is 2.38. The molecule has 1 unspecified atom stereocenters. The number of fused-ring (bicyclic) bond motifs is 1. The Labute approximate surface area is 291 Å². The Bertz CT molecular complexity index is 2180. The number of nitrogens with zero attached hydrogens (tertiary/aromatic N) is 5. The predicted molar refractivity (Wildman–Crippen MR) is 193 cm³/mol. The van der Waals surface area contributed by atoms with Crippen molar-refractivity contribution in [2.24, 2.45) is 15.5 Å². The molecule has 4 aromatic carbocycles. The van der Waals surface area contributed by atoms with Gasteiger partial charge in [0, 0.05) is 34.1 Å². The van der Waals surface area contributed by atoms with Gasteiger partial charge in [-0.3, -0.25) is 4.72 Å². The summed E-state index contributed by atoms with van der Waals surface area (Å²) in [5, 5.41) is 12.5. The van der Waals surface area contributed by atoms with Crippen LogP contribution in [0.2, 0.25) is 0 Å². The molecule has 1 atom stereocenters. The van der Waals surface area contributed by atoms with Crippen LogP contribution in [0.4, 0.5) is 35.9 Å². The van der Waals surface area contributed by atoms with E-state index in [1.165, 1.54) is 10.9 Å². The molecule has 0 radical (unpaired) electrons. The van der Waals surface area contributed by atoms with Gasteiger partial charge in [0.2, 0.25) is 5.82 Å². The maximum atomic E-state index is 13.9. The molecule has 50 heavy (non-hydrogen) atoms. The summed E-state index contributed by atoms with van der Waals surface area (Å²) in [5.74, 6) is 0.997. The molecule has 6 rings (SSSR count). The molecule has 1 aliphatic heterocycles. The molecule has 1 aliphatic rings. The van der Waals surface area contributed by atoms with Crippen LogP contribution >= 0.6 is 0 Å². The van der Waals surface area contributed by atoms with Gasteiger partial charge < -0.3 is 9.50 Å². The fraction of sp³-hybridized carbons (Fsp3) is 0.243. The van der Waals surface area contributed by atoms with Crippen LogP contribution in [-0.4, -0.2) is 30.5 Å². The number of aromatic nitrogens is 3. The first-order valence-corrected chi connectivity index (χ1v) is 16.9. The van der Waals surface area contributed by atoms with Crippen LogP contribution in [0.3, 0.4) is 0 Å². The summed E-state index contributed by atoms with van der Waals surface area (Å²) in [4.78, 5) is 10.4. The number of aryl methyl sites for hydroxylation is 4. The van der Waals surface area contributed by atoms with Crippen LogP contribution < -0.4 is 14.2 Å².